The van der Waals surface area contributed by atoms with Gasteiger partial charge in [-0.3, -0.25) is 43.9 Å². The first-order chi connectivity index (χ1) is 50.4. The summed E-state index contributed by atoms with van der Waals surface area (Å²) in [5.74, 6) is -4.24. The van der Waals surface area contributed by atoms with Crippen molar-refractivity contribution in [1.82, 2.24) is 43.5 Å². The van der Waals surface area contributed by atoms with E-state index in [1.165, 1.54) is 52.6 Å². The van der Waals surface area contributed by atoms with Crippen LogP contribution in [0.3, 0.4) is 0 Å². The molecule has 4 aromatic carbocycles. The average Bonchev–Trinajstić information content (AvgIpc) is 1.67. The highest BCUT2D eigenvalue weighted by molar-refractivity contribution is 6.00. The molecule has 0 unspecified atom stereocenters. The summed E-state index contributed by atoms with van der Waals surface area (Å²) < 4.78 is 151. The first-order valence-electron chi connectivity index (χ1n) is 35.5. The van der Waals surface area contributed by atoms with E-state index in [1.54, 1.807) is 64.1 Å². The monoisotopic (exact) mass is 1500 g/mol. The molecule has 29 heteroatoms. The number of fused-ring (bicyclic) bond motifs is 6. The van der Waals surface area contributed by atoms with Crippen molar-refractivity contribution in [1.29, 1.82) is 0 Å². The summed E-state index contributed by atoms with van der Waals surface area (Å²) in [5, 5.41) is 14.3. The molecule has 3 aromatic heterocycles. The number of halogens is 10. The summed E-state index contributed by atoms with van der Waals surface area (Å²) in [6, 6.07) is 33.0. The van der Waals surface area contributed by atoms with Gasteiger partial charge in [0.25, 0.3) is 29.3 Å². The van der Waals surface area contributed by atoms with E-state index < -0.39 is 60.0 Å². The third-order valence-corrected chi connectivity index (χ3v) is 21.5. The smallest absolute Gasteiger partial charge is 0.456 e. The summed E-state index contributed by atoms with van der Waals surface area (Å²) in [6.45, 7) is 13.7. The van der Waals surface area contributed by atoms with Crippen LogP contribution in [0.25, 0.3) is 11.1 Å². The Kier molecular flexibility index (Phi) is 22.6. The van der Waals surface area contributed by atoms with Gasteiger partial charge in [-0.1, -0.05) is 36.4 Å². The number of alkyl halides is 9. The van der Waals surface area contributed by atoms with E-state index in [2.05, 4.69) is 33.5 Å². The number of likely N-dealkylation sites (N-methyl/N-ethyl adjacent to an activating group) is 2. The number of benzene rings is 4. The number of aromatic hydroxyl groups is 1. The fourth-order valence-corrected chi connectivity index (χ4v) is 16.1. The molecule has 578 valence electrons. The van der Waals surface area contributed by atoms with Crippen LogP contribution in [0.15, 0.2) is 121 Å². The summed E-state index contributed by atoms with van der Waals surface area (Å²) in [6.07, 6.45) is -12.0. The Labute approximate surface area is 615 Å². The number of carbonyl (C=O) groups excluding carboxylic acids is 6. The van der Waals surface area contributed by atoms with Gasteiger partial charge in [-0.15, -0.1) is 0 Å². The highest BCUT2D eigenvalue weighted by Crippen LogP contribution is 2.46. The first kappa shape index (κ1) is 78.7. The van der Waals surface area contributed by atoms with Crippen LogP contribution in [-0.2, 0) is 47.6 Å². The third kappa shape index (κ3) is 16.4. The Morgan fingerprint density at radius 1 is 0.570 bits per heavy atom. The molecule has 3 saturated heterocycles. The molecule has 6 aliphatic rings. The standard InChI is InChI=1S/C27H26F3N3O3.C26H29F6N3O4.C25H32FN3O3.2H2/c1-31-15-16-33-21(24(35)27(28,29)30)9-10-23(33)26(31)11-13-32(14-12-26)25(36)19-7-8-20(22(34)17-19)18-5-3-2-4-6-18;1-33-12-13-35-19(22(36)26(30,31)32)5-6-21(35)24(33)7-10-34(11-8-24)23(37)17-3-4-18(20(15-17)38-2)16-39-14-9-25(27,28)29;1-16(2)32-18-6-7-19(20(26)14-18)23(31)28-12-10-25(11-13-28)22-9-8-21(17(3)30)29(22)15-24(4,5)27-25;;/h2-10,17,34H,11-16H2,1H3;3-6,15H,7-14,16H2,1-2H3;6-9,14,16,27H,10-13,15H2,1-5H3;2*1H. The zero-order valence-electron chi connectivity index (χ0n) is 60.7. The van der Waals surface area contributed by atoms with Crippen molar-refractivity contribution in [2.45, 2.75) is 153 Å². The minimum absolute atomic E-state index is 0. The Bertz CT molecular complexity index is 4470. The predicted molar refractivity (Wildman–Crippen MR) is 380 cm³/mol. The Balaban J connectivity index is 0.000000187. The Morgan fingerprint density at radius 2 is 1.07 bits per heavy atom. The van der Waals surface area contributed by atoms with E-state index in [0.717, 1.165) is 17.0 Å². The second-order valence-electron chi connectivity index (χ2n) is 29.1. The molecule has 0 saturated carbocycles. The van der Waals surface area contributed by atoms with Crippen LogP contribution in [0.5, 0.6) is 17.2 Å². The van der Waals surface area contributed by atoms with E-state index in [9.17, 15) is 77.8 Å². The largest absolute Gasteiger partial charge is 0.507 e. The van der Waals surface area contributed by atoms with E-state index in [-0.39, 0.29) is 79.4 Å². The van der Waals surface area contributed by atoms with Crippen LogP contribution in [-0.4, -0.2) is 189 Å². The normalized spacial score (nSPS) is 18.2. The number of nitrogens with one attached hydrogen (secondary N) is 1. The lowest BCUT2D eigenvalue weighted by atomic mass is 9.79. The van der Waals surface area contributed by atoms with Gasteiger partial charge in [0.05, 0.1) is 72.1 Å². The van der Waals surface area contributed by atoms with Crippen molar-refractivity contribution >= 4 is 35.1 Å². The van der Waals surface area contributed by atoms with Gasteiger partial charge in [0.15, 0.2) is 5.78 Å². The zero-order valence-corrected chi connectivity index (χ0v) is 60.7. The number of hydrogen-bond donors (Lipinski definition) is 2. The highest BCUT2D eigenvalue weighted by Gasteiger charge is 2.51. The number of ketones is 3. The molecule has 0 bridgehead atoms. The van der Waals surface area contributed by atoms with Crippen molar-refractivity contribution in [3.8, 4) is 28.4 Å². The number of methoxy groups -OCH3 is 1. The predicted octanol–water partition coefficient (Wildman–Crippen LogP) is 14.1. The van der Waals surface area contributed by atoms with Crippen molar-refractivity contribution in [3.05, 3.63) is 184 Å². The second kappa shape index (κ2) is 30.7. The van der Waals surface area contributed by atoms with Crippen LogP contribution >= 0.6 is 0 Å². The number of rotatable bonds is 14. The molecule has 13 rings (SSSR count). The number of amides is 3. The van der Waals surface area contributed by atoms with Crippen LogP contribution in [0, 0.1) is 5.82 Å². The van der Waals surface area contributed by atoms with Crippen molar-refractivity contribution in [3.63, 3.8) is 0 Å². The molecule has 0 aliphatic carbocycles. The number of likely N-dealkylation sites (tertiary alicyclic amines) is 3. The molecule has 7 aromatic rings. The van der Waals surface area contributed by atoms with E-state index in [4.69, 9.17) is 14.2 Å². The van der Waals surface area contributed by atoms with Crippen molar-refractivity contribution in [2.75, 3.05) is 80.2 Å². The summed E-state index contributed by atoms with van der Waals surface area (Å²) >= 11 is 0. The molecule has 0 radical (unpaired) electrons. The van der Waals surface area contributed by atoms with E-state index in [0.29, 0.717) is 149 Å². The highest BCUT2D eigenvalue weighted by atomic mass is 19.4. The minimum atomic E-state index is -4.97. The van der Waals surface area contributed by atoms with Gasteiger partial charge in [-0.05, 0) is 165 Å². The lowest BCUT2D eigenvalue weighted by molar-refractivity contribution is -0.146. The number of hydrogen-bond acceptors (Lipinski definition) is 13. The van der Waals surface area contributed by atoms with Crippen LogP contribution in [0.2, 0.25) is 0 Å². The van der Waals surface area contributed by atoms with Crippen LogP contribution < -0.4 is 14.8 Å². The molecule has 0 atom stereocenters. The fraction of sp³-hybridized carbons (Fsp3) is 0.462. The number of phenols is 1. The molecule has 9 heterocycles. The molecule has 107 heavy (non-hydrogen) atoms. The molecule has 2 N–H and O–H groups in total. The number of ether oxygens (including phenoxy) is 3. The topological polar surface area (TPSA) is 193 Å². The zero-order chi connectivity index (χ0) is 77.5. The first-order valence-corrected chi connectivity index (χ1v) is 35.5. The SMILES string of the molecule is CC(=O)c1ccc2n1CC(C)(C)NC21CCN(C(=O)c2ccc(OC(C)C)cc2F)CC1.CN1CCn2c(C(=O)C(F)(F)F)ccc2C12CCN(C(=O)c1ccc(-c3ccccc3)c(O)c1)CC2.COc1cc(C(=O)N2CCC3(CC2)c2ccc(C(=O)C(F)(F)F)n2CCN3C)ccc1COCCC(F)(F)F.[HH].[HH]. The number of nitrogens with zero attached hydrogens (tertiary/aromatic N) is 8. The van der Waals surface area contributed by atoms with Crippen molar-refractivity contribution < 1.29 is 94.8 Å². The third-order valence-electron chi connectivity index (χ3n) is 21.5. The van der Waals surface area contributed by atoms with Gasteiger partial charge < -0.3 is 47.7 Å². The maximum absolute atomic E-state index is 14.7. The molecule has 19 nitrogen and oxygen atoms in total. The number of piperidine rings is 3. The molecular formula is C78H91F10N9O10. The van der Waals surface area contributed by atoms with Crippen LogP contribution in [0.4, 0.5) is 43.9 Å². The number of phenolic OH excluding ortho intramolecular Hbond substituents is 1. The van der Waals surface area contributed by atoms with Crippen LogP contribution in [0.1, 0.15) is 168 Å². The summed E-state index contributed by atoms with van der Waals surface area (Å²) in [5.41, 5.74) is 3.49. The second-order valence-corrected chi connectivity index (χ2v) is 29.1. The Morgan fingerprint density at radius 3 is 1.55 bits per heavy atom. The number of Topliss-reactive ketones (excluding diaryl/α,β-unsaturated/α-hetero) is 3. The van der Waals surface area contributed by atoms with Gasteiger partial charge in [0.2, 0.25) is 0 Å². The van der Waals surface area contributed by atoms with Gasteiger partial charge in [-0.25, -0.2) is 4.39 Å². The summed E-state index contributed by atoms with van der Waals surface area (Å²) in [4.78, 5) is 84.9. The minimum Gasteiger partial charge on any atom is -0.507 e. The van der Waals surface area contributed by atoms with Gasteiger partial charge in [0, 0.05) is 133 Å². The summed E-state index contributed by atoms with van der Waals surface area (Å²) in [7, 11) is 5.21. The maximum Gasteiger partial charge on any atom is 0.456 e. The quantitative estimate of drug-likeness (QED) is 0.0594. The lowest BCUT2D eigenvalue weighted by Gasteiger charge is -2.51. The van der Waals surface area contributed by atoms with Gasteiger partial charge in [0.1, 0.15) is 23.1 Å². The Hall–Kier alpha value is -9.32. The van der Waals surface area contributed by atoms with Gasteiger partial charge >= 0.3 is 18.5 Å². The van der Waals surface area contributed by atoms with E-state index in [1.807, 2.05) is 70.4 Å². The molecule has 3 amide bonds. The molecule has 3 fully saturated rings. The fourth-order valence-electron chi connectivity index (χ4n) is 16.1. The molecule has 6 aliphatic heterocycles. The number of aromatic nitrogens is 3. The average molecular weight is 1500 g/mol. The maximum atomic E-state index is 14.7. The molecule has 3 spiro atoms. The lowest BCUT2D eigenvalue weighted by Crippen LogP contribution is -2.63. The van der Waals surface area contributed by atoms with E-state index >= 15 is 0 Å². The van der Waals surface area contributed by atoms with Gasteiger partial charge in [-0.2, -0.15) is 39.5 Å². The number of carbonyl (C=O) groups is 6. The molecular weight excluding hydrogens is 1410 g/mol. The van der Waals surface area contributed by atoms with Crippen molar-refractivity contribution in [2.24, 2.45) is 0 Å².